The predicted molar refractivity (Wildman–Crippen MR) is 97.7 cm³/mol. The second kappa shape index (κ2) is 6.38. The fraction of sp³-hybridized carbons (Fsp3) is 0.235. The lowest BCUT2D eigenvalue weighted by Gasteiger charge is -2.37. The molecule has 0 fully saturated rings. The van der Waals surface area contributed by atoms with E-state index < -0.39 is 22.1 Å². The molecule has 2 aromatic carbocycles. The van der Waals surface area contributed by atoms with Crippen molar-refractivity contribution in [2.75, 3.05) is 30.6 Å². The predicted octanol–water partition coefficient (Wildman–Crippen LogP) is 1.78. The Morgan fingerprint density at radius 3 is 2.32 bits per heavy atom. The number of para-hydroxylation sites is 1. The van der Waals surface area contributed by atoms with Crippen LogP contribution in [0, 0.1) is 0 Å². The van der Waals surface area contributed by atoms with Gasteiger partial charge in [0, 0.05) is 25.5 Å². The van der Waals surface area contributed by atoms with Gasteiger partial charge in [-0.05, 0) is 29.8 Å². The lowest BCUT2D eigenvalue weighted by Crippen LogP contribution is -2.52. The molecular weight excluding hydrogens is 340 g/mol. The second-order valence-corrected chi connectivity index (χ2v) is 7.84. The van der Waals surface area contributed by atoms with Crippen LogP contribution in [0.1, 0.15) is 22.1 Å². The maximum Gasteiger partial charge on any atom is 0.273 e. The molecule has 1 amide bonds. The Bertz CT molecular complexity index is 894. The van der Waals surface area contributed by atoms with Gasteiger partial charge in [-0.25, -0.2) is 13.4 Å². The molecule has 3 rings (SSSR count). The van der Waals surface area contributed by atoms with Crippen LogP contribution in [0.2, 0.25) is 0 Å². The molecule has 1 heterocycles. The number of fused-ring (bicyclic) bond motifs is 1. The number of hydrazine groups is 1. The van der Waals surface area contributed by atoms with Crippen molar-refractivity contribution in [2.45, 2.75) is 6.17 Å². The van der Waals surface area contributed by atoms with E-state index >= 15 is 0 Å². The number of anilines is 2. The first-order chi connectivity index (χ1) is 11.8. The van der Waals surface area contributed by atoms with Gasteiger partial charge in [-0.3, -0.25) is 4.79 Å². The van der Waals surface area contributed by atoms with Gasteiger partial charge in [0.15, 0.2) is 0 Å². The Balaban J connectivity index is 2.03. The smallest absolute Gasteiger partial charge is 0.273 e. The number of nitrogens with zero attached hydrogens (tertiary/aromatic N) is 2. The van der Waals surface area contributed by atoms with Gasteiger partial charge in [-0.15, -0.1) is 4.83 Å². The van der Waals surface area contributed by atoms with E-state index in [1.807, 2.05) is 49.3 Å². The molecule has 0 radical (unpaired) electrons. The molecule has 0 aromatic heterocycles. The van der Waals surface area contributed by atoms with E-state index in [1.54, 1.807) is 18.2 Å². The number of sulfonamides is 1. The fourth-order valence-electron chi connectivity index (χ4n) is 2.71. The van der Waals surface area contributed by atoms with Gasteiger partial charge in [-0.1, -0.05) is 24.3 Å². The molecule has 0 saturated carbocycles. The number of nitrogens with one attached hydrogen (secondary N) is 2. The summed E-state index contributed by atoms with van der Waals surface area (Å²) in [5.41, 5.74) is 2.86. The molecule has 0 unspecified atom stereocenters. The minimum atomic E-state index is -3.61. The number of hydrogen-bond donors (Lipinski definition) is 2. The van der Waals surface area contributed by atoms with Crippen molar-refractivity contribution < 1.29 is 13.2 Å². The van der Waals surface area contributed by atoms with Crippen LogP contribution in [0.15, 0.2) is 48.5 Å². The molecule has 0 spiro atoms. The van der Waals surface area contributed by atoms with E-state index in [0.29, 0.717) is 11.3 Å². The molecule has 8 heteroatoms. The van der Waals surface area contributed by atoms with Crippen LogP contribution in [0.25, 0.3) is 0 Å². The molecule has 7 nitrogen and oxygen atoms in total. The monoisotopic (exact) mass is 360 g/mol. The molecule has 0 aliphatic carbocycles. The molecule has 2 N–H and O–H groups in total. The lowest BCUT2D eigenvalue weighted by molar-refractivity contribution is 0.0633. The zero-order valence-corrected chi connectivity index (χ0v) is 15.0. The van der Waals surface area contributed by atoms with Crippen molar-refractivity contribution in [3.63, 3.8) is 0 Å². The summed E-state index contributed by atoms with van der Waals surface area (Å²) < 4.78 is 23.5. The highest BCUT2D eigenvalue weighted by atomic mass is 32.2. The number of carbonyl (C=O) groups excluding carboxylic acids is 1. The van der Waals surface area contributed by atoms with Crippen LogP contribution in [0.5, 0.6) is 0 Å². The van der Waals surface area contributed by atoms with Crippen molar-refractivity contribution in [2.24, 2.45) is 0 Å². The Labute approximate surface area is 147 Å². The SMILES string of the molecule is CN(C)c1ccc([C@@H]2Nc3ccccc3C(=O)N2NS(C)(=O)=O)cc1. The lowest BCUT2D eigenvalue weighted by atomic mass is 10.0. The fourth-order valence-corrected chi connectivity index (χ4v) is 3.26. The summed E-state index contributed by atoms with van der Waals surface area (Å²) in [7, 11) is 0.256. The first kappa shape index (κ1) is 17.2. The third kappa shape index (κ3) is 3.59. The quantitative estimate of drug-likeness (QED) is 0.869. The van der Waals surface area contributed by atoms with Gasteiger partial charge in [0.2, 0.25) is 10.0 Å². The normalized spacial score (nSPS) is 17.0. The molecule has 132 valence electrons. The molecule has 2 aromatic rings. The Morgan fingerprint density at radius 1 is 1.08 bits per heavy atom. The number of hydrogen-bond acceptors (Lipinski definition) is 5. The van der Waals surface area contributed by atoms with Crippen LogP contribution in [0.3, 0.4) is 0 Å². The first-order valence-corrected chi connectivity index (χ1v) is 9.59. The van der Waals surface area contributed by atoms with Gasteiger partial charge in [0.05, 0.1) is 11.8 Å². The van der Waals surface area contributed by atoms with Crippen molar-refractivity contribution in [3.8, 4) is 0 Å². The van der Waals surface area contributed by atoms with Crippen LogP contribution in [0.4, 0.5) is 11.4 Å². The van der Waals surface area contributed by atoms with Crippen molar-refractivity contribution in [1.82, 2.24) is 9.84 Å². The molecule has 1 aliphatic heterocycles. The summed E-state index contributed by atoms with van der Waals surface area (Å²) in [4.78, 5) is 17.1. The van der Waals surface area contributed by atoms with E-state index in [4.69, 9.17) is 0 Å². The highest BCUT2D eigenvalue weighted by Crippen LogP contribution is 2.32. The summed E-state index contributed by atoms with van der Waals surface area (Å²) in [6.07, 6.45) is 0.376. The average molecular weight is 360 g/mol. The van der Waals surface area contributed by atoms with Gasteiger partial charge in [0.1, 0.15) is 6.17 Å². The molecular formula is C17H20N4O3S. The zero-order chi connectivity index (χ0) is 18.2. The summed E-state index contributed by atoms with van der Waals surface area (Å²) in [5, 5.41) is 4.34. The maximum absolute atomic E-state index is 12.8. The number of carbonyl (C=O) groups is 1. The van der Waals surface area contributed by atoms with Crippen LogP contribution in [-0.4, -0.2) is 39.7 Å². The van der Waals surface area contributed by atoms with Gasteiger partial charge in [0.25, 0.3) is 5.91 Å². The third-order valence-corrected chi connectivity index (χ3v) is 4.44. The highest BCUT2D eigenvalue weighted by Gasteiger charge is 2.34. The third-order valence-electron chi connectivity index (χ3n) is 3.92. The standard InChI is InChI=1S/C17H20N4O3S/c1-20(2)13-10-8-12(9-11-13)16-18-15-7-5-4-6-14(15)17(22)21(16)19-25(3,23)24/h4-11,16,18-19H,1-3H3/t16-/m1/s1. The molecule has 0 bridgehead atoms. The number of rotatable bonds is 4. The number of amides is 1. The molecule has 25 heavy (non-hydrogen) atoms. The highest BCUT2D eigenvalue weighted by molar-refractivity contribution is 7.88. The van der Waals surface area contributed by atoms with E-state index in [2.05, 4.69) is 10.1 Å². The second-order valence-electron chi connectivity index (χ2n) is 6.12. The van der Waals surface area contributed by atoms with Crippen molar-refractivity contribution in [3.05, 3.63) is 59.7 Å². The first-order valence-electron chi connectivity index (χ1n) is 7.70. The van der Waals surface area contributed by atoms with Gasteiger partial charge >= 0.3 is 0 Å². The summed E-state index contributed by atoms with van der Waals surface area (Å²) in [6.45, 7) is 0. The Morgan fingerprint density at radius 2 is 1.72 bits per heavy atom. The van der Waals surface area contributed by atoms with Crippen LogP contribution >= 0.6 is 0 Å². The largest absolute Gasteiger partial charge is 0.378 e. The van der Waals surface area contributed by atoms with Gasteiger partial charge in [-0.2, -0.15) is 0 Å². The van der Waals surface area contributed by atoms with Crippen LogP contribution in [-0.2, 0) is 10.0 Å². The van der Waals surface area contributed by atoms with Gasteiger partial charge < -0.3 is 10.2 Å². The zero-order valence-electron chi connectivity index (χ0n) is 14.2. The topological polar surface area (TPSA) is 81.8 Å². The van der Waals surface area contributed by atoms with E-state index in [0.717, 1.165) is 22.5 Å². The van der Waals surface area contributed by atoms with E-state index in [-0.39, 0.29) is 0 Å². The summed E-state index contributed by atoms with van der Waals surface area (Å²) in [5.74, 6) is -0.401. The maximum atomic E-state index is 12.8. The summed E-state index contributed by atoms with van der Waals surface area (Å²) in [6, 6.07) is 14.6. The van der Waals surface area contributed by atoms with Crippen LogP contribution < -0.4 is 15.0 Å². The Kier molecular flexibility index (Phi) is 4.40. The van der Waals surface area contributed by atoms with E-state index in [9.17, 15) is 13.2 Å². The molecule has 1 aliphatic rings. The molecule has 0 saturated heterocycles. The molecule has 1 atom stereocenters. The van der Waals surface area contributed by atoms with Crippen molar-refractivity contribution >= 4 is 27.3 Å². The van der Waals surface area contributed by atoms with Crippen molar-refractivity contribution in [1.29, 1.82) is 0 Å². The number of benzene rings is 2. The van der Waals surface area contributed by atoms with E-state index in [1.165, 1.54) is 0 Å². The Hall–Kier alpha value is -2.58. The minimum absolute atomic E-state index is 0.401. The minimum Gasteiger partial charge on any atom is -0.378 e. The summed E-state index contributed by atoms with van der Waals surface area (Å²) >= 11 is 0. The average Bonchev–Trinajstić information content (AvgIpc) is 2.56.